The van der Waals surface area contributed by atoms with Gasteiger partial charge in [0.05, 0.1) is 21.4 Å². The van der Waals surface area contributed by atoms with Crippen molar-refractivity contribution in [1.29, 1.82) is 0 Å². The van der Waals surface area contributed by atoms with Crippen LogP contribution >= 0.6 is 11.3 Å². The zero-order valence-corrected chi connectivity index (χ0v) is 9.81. The Hall–Kier alpha value is -1.94. The van der Waals surface area contributed by atoms with Crippen molar-refractivity contribution in [2.24, 2.45) is 0 Å². The van der Waals surface area contributed by atoms with Crippen molar-refractivity contribution in [3.8, 4) is 5.75 Å². The van der Waals surface area contributed by atoms with Crippen molar-refractivity contribution in [2.45, 2.75) is 6.42 Å². The minimum atomic E-state index is 0.198. The maximum Gasteiger partial charge on any atom is 0.134 e. The minimum Gasteiger partial charge on any atom is -0.506 e. The first-order valence-electron chi connectivity index (χ1n) is 5.28. The molecule has 84 valence electrons. The lowest BCUT2D eigenvalue weighted by Gasteiger charge is -1.97. The summed E-state index contributed by atoms with van der Waals surface area (Å²) >= 11 is 1.68. The van der Waals surface area contributed by atoms with Gasteiger partial charge in [0.2, 0.25) is 0 Å². The Morgan fingerprint density at radius 3 is 2.88 bits per heavy atom. The SMILES string of the molecule is Oc1cncc(Cc2nc3ccccc3s2)c1. The Labute approximate surface area is 102 Å². The maximum absolute atomic E-state index is 9.35. The molecule has 0 bridgehead atoms. The van der Waals surface area contributed by atoms with Gasteiger partial charge in [-0.1, -0.05) is 12.1 Å². The third kappa shape index (κ3) is 2.12. The van der Waals surface area contributed by atoms with E-state index in [1.54, 1.807) is 23.6 Å². The summed E-state index contributed by atoms with van der Waals surface area (Å²) in [5.41, 5.74) is 2.00. The van der Waals surface area contributed by atoms with Gasteiger partial charge in [-0.25, -0.2) is 4.98 Å². The van der Waals surface area contributed by atoms with Crippen LogP contribution in [0.3, 0.4) is 0 Å². The minimum absolute atomic E-state index is 0.198. The molecule has 3 nitrogen and oxygen atoms in total. The van der Waals surface area contributed by atoms with Crippen molar-refractivity contribution >= 4 is 21.6 Å². The lowest BCUT2D eigenvalue weighted by molar-refractivity contribution is 0.472. The molecule has 3 aromatic rings. The van der Waals surface area contributed by atoms with Crippen molar-refractivity contribution in [3.63, 3.8) is 0 Å². The van der Waals surface area contributed by atoms with E-state index in [-0.39, 0.29) is 5.75 Å². The molecule has 2 aromatic heterocycles. The highest BCUT2D eigenvalue weighted by Crippen LogP contribution is 2.24. The molecule has 0 aliphatic carbocycles. The van der Waals surface area contributed by atoms with Crippen LogP contribution in [0.15, 0.2) is 42.7 Å². The molecule has 17 heavy (non-hydrogen) atoms. The number of para-hydroxylation sites is 1. The number of nitrogens with zero attached hydrogens (tertiary/aromatic N) is 2. The van der Waals surface area contributed by atoms with E-state index in [0.29, 0.717) is 6.42 Å². The van der Waals surface area contributed by atoms with Crippen LogP contribution in [0.25, 0.3) is 10.2 Å². The zero-order valence-electron chi connectivity index (χ0n) is 9.00. The van der Waals surface area contributed by atoms with E-state index in [9.17, 15) is 5.11 Å². The molecular weight excluding hydrogens is 232 g/mol. The number of benzene rings is 1. The highest BCUT2D eigenvalue weighted by atomic mass is 32.1. The van der Waals surface area contributed by atoms with Crippen LogP contribution < -0.4 is 0 Å². The zero-order chi connectivity index (χ0) is 11.7. The Bertz CT molecular complexity index is 630. The second kappa shape index (κ2) is 4.14. The van der Waals surface area contributed by atoms with Gasteiger partial charge in [0.25, 0.3) is 0 Å². The fourth-order valence-electron chi connectivity index (χ4n) is 1.74. The van der Waals surface area contributed by atoms with E-state index in [1.807, 2.05) is 18.2 Å². The van der Waals surface area contributed by atoms with Crippen LogP contribution in [0, 0.1) is 0 Å². The van der Waals surface area contributed by atoms with E-state index >= 15 is 0 Å². The molecule has 0 atom stereocenters. The standard InChI is InChI=1S/C13H10N2OS/c16-10-5-9(7-14-8-10)6-13-15-11-3-1-2-4-12(11)17-13/h1-5,7-8,16H,6H2. The molecule has 2 heterocycles. The first-order chi connectivity index (χ1) is 8.31. The second-order valence-electron chi connectivity index (χ2n) is 3.80. The fraction of sp³-hybridized carbons (Fsp3) is 0.0769. The number of hydrogen-bond donors (Lipinski definition) is 1. The Kier molecular flexibility index (Phi) is 2.49. The lowest BCUT2D eigenvalue weighted by Crippen LogP contribution is -1.87. The van der Waals surface area contributed by atoms with Crippen LogP contribution in [-0.4, -0.2) is 15.1 Å². The summed E-state index contributed by atoms with van der Waals surface area (Å²) in [7, 11) is 0. The van der Waals surface area contributed by atoms with Crippen molar-refractivity contribution in [2.75, 3.05) is 0 Å². The summed E-state index contributed by atoms with van der Waals surface area (Å²) in [6.45, 7) is 0. The van der Waals surface area contributed by atoms with E-state index in [4.69, 9.17) is 0 Å². The number of hydrogen-bond acceptors (Lipinski definition) is 4. The molecule has 0 fully saturated rings. The summed E-state index contributed by atoms with van der Waals surface area (Å²) in [4.78, 5) is 8.51. The van der Waals surface area contributed by atoms with Crippen molar-refractivity contribution in [1.82, 2.24) is 9.97 Å². The number of fused-ring (bicyclic) bond motifs is 1. The van der Waals surface area contributed by atoms with Gasteiger partial charge >= 0.3 is 0 Å². The van der Waals surface area contributed by atoms with Gasteiger partial charge in [-0.05, 0) is 23.8 Å². The van der Waals surface area contributed by atoms with E-state index in [1.165, 1.54) is 10.9 Å². The predicted octanol–water partition coefficient (Wildman–Crippen LogP) is 2.99. The molecule has 1 aromatic carbocycles. The fourth-order valence-corrected chi connectivity index (χ4v) is 2.74. The second-order valence-corrected chi connectivity index (χ2v) is 4.92. The number of aromatic hydroxyl groups is 1. The van der Waals surface area contributed by atoms with Gasteiger partial charge < -0.3 is 5.11 Å². The first kappa shape index (κ1) is 10.2. The summed E-state index contributed by atoms with van der Waals surface area (Å²) in [6.07, 6.45) is 3.90. The quantitative estimate of drug-likeness (QED) is 0.751. The Morgan fingerprint density at radius 1 is 1.18 bits per heavy atom. The first-order valence-corrected chi connectivity index (χ1v) is 6.10. The summed E-state index contributed by atoms with van der Waals surface area (Å²) in [6, 6.07) is 9.80. The van der Waals surface area contributed by atoms with Crippen LogP contribution in [0.5, 0.6) is 5.75 Å². The molecule has 3 rings (SSSR count). The summed E-state index contributed by atoms with van der Waals surface area (Å²) in [5, 5.41) is 10.4. The molecule has 0 amide bonds. The van der Waals surface area contributed by atoms with Crippen molar-refractivity contribution < 1.29 is 5.11 Å². The van der Waals surface area contributed by atoms with Crippen LogP contribution in [-0.2, 0) is 6.42 Å². The van der Waals surface area contributed by atoms with Crippen molar-refractivity contribution in [3.05, 3.63) is 53.3 Å². The predicted molar refractivity (Wildman–Crippen MR) is 68.3 cm³/mol. The van der Waals surface area contributed by atoms with Crippen LogP contribution in [0.2, 0.25) is 0 Å². The van der Waals surface area contributed by atoms with Gasteiger partial charge in [-0.15, -0.1) is 11.3 Å². The van der Waals surface area contributed by atoms with Crippen LogP contribution in [0.1, 0.15) is 10.6 Å². The molecular formula is C13H10N2OS. The Balaban J connectivity index is 1.94. The van der Waals surface area contributed by atoms with Crippen LogP contribution in [0.4, 0.5) is 0 Å². The summed E-state index contributed by atoms with van der Waals surface area (Å²) < 4.78 is 1.19. The number of pyridine rings is 1. The highest BCUT2D eigenvalue weighted by Gasteiger charge is 2.04. The largest absolute Gasteiger partial charge is 0.506 e. The molecule has 0 spiro atoms. The number of thiazole rings is 1. The molecule has 4 heteroatoms. The highest BCUT2D eigenvalue weighted by molar-refractivity contribution is 7.18. The average molecular weight is 242 g/mol. The third-order valence-corrected chi connectivity index (χ3v) is 3.51. The third-order valence-electron chi connectivity index (χ3n) is 2.47. The maximum atomic E-state index is 9.35. The summed E-state index contributed by atoms with van der Waals surface area (Å²) in [5.74, 6) is 0.198. The normalized spacial score (nSPS) is 10.8. The van der Waals surface area contributed by atoms with Gasteiger partial charge in [0.15, 0.2) is 0 Å². The molecule has 0 aliphatic heterocycles. The monoisotopic (exact) mass is 242 g/mol. The topological polar surface area (TPSA) is 46.0 Å². The van der Waals surface area contributed by atoms with Gasteiger partial charge in [-0.2, -0.15) is 0 Å². The van der Waals surface area contributed by atoms with Gasteiger partial charge in [0.1, 0.15) is 5.75 Å². The molecule has 0 radical (unpaired) electrons. The molecule has 0 saturated carbocycles. The van der Waals surface area contributed by atoms with E-state index in [2.05, 4.69) is 16.0 Å². The molecule has 0 saturated heterocycles. The number of rotatable bonds is 2. The molecule has 1 N–H and O–H groups in total. The molecule has 0 unspecified atom stereocenters. The molecule has 0 aliphatic rings. The average Bonchev–Trinajstić information content (AvgIpc) is 2.71. The van der Waals surface area contributed by atoms with E-state index in [0.717, 1.165) is 16.1 Å². The number of aromatic nitrogens is 2. The van der Waals surface area contributed by atoms with Gasteiger partial charge in [-0.3, -0.25) is 4.98 Å². The lowest BCUT2D eigenvalue weighted by atomic mass is 10.2. The van der Waals surface area contributed by atoms with Gasteiger partial charge in [0, 0.05) is 12.6 Å². The smallest absolute Gasteiger partial charge is 0.134 e. The Morgan fingerprint density at radius 2 is 2.06 bits per heavy atom. The van der Waals surface area contributed by atoms with E-state index < -0.39 is 0 Å².